The van der Waals surface area contributed by atoms with Crippen LogP contribution in [0.4, 0.5) is 5.82 Å². The summed E-state index contributed by atoms with van der Waals surface area (Å²) in [6.45, 7) is 3.90. The first-order chi connectivity index (χ1) is 14.5. The lowest BCUT2D eigenvalue weighted by Crippen LogP contribution is -2.22. The molecule has 3 aromatic rings. The normalized spacial score (nSPS) is 14.0. The van der Waals surface area contributed by atoms with E-state index >= 15 is 0 Å². The Balaban J connectivity index is 1.84. The molecule has 1 amide bonds. The monoisotopic (exact) mass is 399 g/mol. The van der Waals surface area contributed by atoms with E-state index in [1.54, 1.807) is 12.2 Å². The van der Waals surface area contributed by atoms with Crippen molar-refractivity contribution in [3.05, 3.63) is 82.8 Å². The zero-order valence-corrected chi connectivity index (χ0v) is 17.2. The fraction of sp³-hybridized carbons (Fsp3) is 0.240. The van der Waals surface area contributed by atoms with Crippen molar-refractivity contribution in [2.45, 2.75) is 33.1 Å². The highest BCUT2D eigenvalue weighted by Crippen LogP contribution is 2.28. The summed E-state index contributed by atoms with van der Waals surface area (Å²) >= 11 is 0. The van der Waals surface area contributed by atoms with Crippen molar-refractivity contribution >= 4 is 28.8 Å². The highest BCUT2D eigenvalue weighted by molar-refractivity contribution is 5.93. The molecule has 2 N–H and O–H groups in total. The summed E-state index contributed by atoms with van der Waals surface area (Å²) in [5.74, 6) is 0.588. The van der Waals surface area contributed by atoms with Crippen LogP contribution in [-0.2, 0) is 17.6 Å². The van der Waals surface area contributed by atoms with Gasteiger partial charge >= 0.3 is 0 Å². The average molecular weight is 399 g/mol. The Morgan fingerprint density at radius 1 is 1.17 bits per heavy atom. The number of carbonyl (C=O) groups is 1. The highest BCUT2D eigenvalue weighted by Gasteiger charge is 2.18. The molecule has 2 aromatic carbocycles. The van der Waals surface area contributed by atoms with Crippen molar-refractivity contribution in [1.82, 2.24) is 9.97 Å². The predicted octanol–water partition coefficient (Wildman–Crippen LogP) is 5.22. The van der Waals surface area contributed by atoms with Gasteiger partial charge in [-0.1, -0.05) is 56.3 Å². The fourth-order valence-electron chi connectivity index (χ4n) is 3.52. The van der Waals surface area contributed by atoms with Crippen molar-refractivity contribution in [3.63, 3.8) is 0 Å². The lowest BCUT2D eigenvalue weighted by Gasteiger charge is -2.15. The van der Waals surface area contributed by atoms with Crippen LogP contribution in [0.25, 0.3) is 17.1 Å². The van der Waals surface area contributed by atoms with Gasteiger partial charge in [0.2, 0.25) is 5.91 Å². The van der Waals surface area contributed by atoms with Crippen molar-refractivity contribution in [2.75, 3.05) is 5.32 Å². The number of allylic oxidation sites excluding steroid dienone is 2. The minimum atomic E-state index is -0.0997. The number of anilines is 1. The zero-order chi connectivity index (χ0) is 21.1. The van der Waals surface area contributed by atoms with E-state index in [0.29, 0.717) is 18.7 Å². The summed E-state index contributed by atoms with van der Waals surface area (Å²) in [6.07, 6.45) is 7.36. The number of nitrogens with one attached hydrogen (secondary N) is 1. The summed E-state index contributed by atoms with van der Waals surface area (Å²) in [5.41, 5.74) is 5.32. The molecule has 1 atom stereocenters. The Morgan fingerprint density at radius 2 is 1.97 bits per heavy atom. The Bertz CT molecular complexity index is 1150. The number of amides is 1. The van der Waals surface area contributed by atoms with Crippen LogP contribution in [0.3, 0.4) is 0 Å². The first-order valence-corrected chi connectivity index (χ1v) is 10.3. The molecular formula is C25H25N3O2. The fourth-order valence-corrected chi connectivity index (χ4v) is 3.52. The Labute approximate surface area is 176 Å². The number of aliphatic hydroxyl groups is 1. The van der Waals surface area contributed by atoms with Gasteiger partial charge in [0.05, 0.1) is 16.7 Å². The number of rotatable bonds is 5. The van der Waals surface area contributed by atoms with E-state index < -0.39 is 0 Å². The molecule has 4 rings (SSSR count). The summed E-state index contributed by atoms with van der Waals surface area (Å²) in [7, 11) is 0. The number of aromatic nitrogens is 2. The largest absolute Gasteiger partial charge is 0.508 e. The van der Waals surface area contributed by atoms with E-state index in [4.69, 9.17) is 9.97 Å². The number of hydrogen-bond donors (Lipinski definition) is 2. The van der Waals surface area contributed by atoms with Crippen LogP contribution in [0.1, 0.15) is 42.7 Å². The van der Waals surface area contributed by atoms with Gasteiger partial charge in [-0.05, 0) is 47.8 Å². The maximum absolute atomic E-state index is 12.6. The van der Waals surface area contributed by atoms with Crippen LogP contribution in [0, 0.1) is 5.92 Å². The van der Waals surface area contributed by atoms with Crippen LogP contribution in [0.5, 0.6) is 0 Å². The number of nitrogens with zero attached hydrogens (tertiary/aromatic N) is 2. The molecule has 1 aromatic heterocycles. The lowest BCUT2D eigenvalue weighted by atomic mass is 10.0. The molecule has 0 radical (unpaired) electrons. The molecule has 5 heteroatoms. The molecule has 30 heavy (non-hydrogen) atoms. The van der Waals surface area contributed by atoms with Crippen molar-refractivity contribution < 1.29 is 9.90 Å². The van der Waals surface area contributed by atoms with E-state index in [-0.39, 0.29) is 17.6 Å². The van der Waals surface area contributed by atoms with E-state index in [1.807, 2.05) is 62.4 Å². The Hall–Kier alpha value is -3.47. The standard InChI is InChI=1S/C25H25N3O2/c1-3-16(2)25(30)28-24-22(14-17-8-5-4-6-9-17)26-23-20-11-7-10-19(29)15-18(20)12-13-21(23)27-24/h4-10,12-13,15-16,29H,3,11,14H2,1-2H3,(H,27,28,30). The van der Waals surface area contributed by atoms with Gasteiger partial charge in [-0.2, -0.15) is 0 Å². The summed E-state index contributed by atoms with van der Waals surface area (Å²) in [6, 6.07) is 13.9. The summed E-state index contributed by atoms with van der Waals surface area (Å²) in [4.78, 5) is 22.3. The lowest BCUT2D eigenvalue weighted by molar-refractivity contribution is -0.119. The van der Waals surface area contributed by atoms with Crippen molar-refractivity contribution in [3.8, 4) is 0 Å². The van der Waals surface area contributed by atoms with Gasteiger partial charge in [0.15, 0.2) is 5.82 Å². The van der Waals surface area contributed by atoms with E-state index in [0.717, 1.165) is 39.8 Å². The third-order valence-electron chi connectivity index (χ3n) is 5.48. The molecule has 1 aliphatic carbocycles. The average Bonchev–Trinajstić information content (AvgIpc) is 2.95. The molecule has 152 valence electrons. The molecule has 1 heterocycles. The number of hydrogen-bond acceptors (Lipinski definition) is 4. The Morgan fingerprint density at radius 3 is 2.73 bits per heavy atom. The molecule has 0 aliphatic heterocycles. The molecule has 0 saturated carbocycles. The first kappa shape index (κ1) is 19.8. The minimum Gasteiger partial charge on any atom is -0.508 e. The van der Waals surface area contributed by atoms with Crippen LogP contribution >= 0.6 is 0 Å². The summed E-state index contributed by atoms with van der Waals surface area (Å²) in [5, 5.41) is 13.0. The Kier molecular flexibility index (Phi) is 5.61. The molecule has 0 saturated heterocycles. The maximum Gasteiger partial charge on any atom is 0.228 e. The quantitative estimate of drug-likeness (QED) is 0.617. The van der Waals surface area contributed by atoms with Gasteiger partial charge in [0, 0.05) is 12.3 Å². The number of benzene rings is 2. The molecule has 5 nitrogen and oxygen atoms in total. The molecule has 1 aliphatic rings. The smallest absolute Gasteiger partial charge is 0.228 e. The van der Waals surface area contributed by atoms with Crippen molar-refractivity contribution in [2.24, 2.45) is 5.92 Å². The zero-order valence-electron chi connectivity index (χ0n) is 17.2. The highest BCUT2D eigenvalue weighted by atomic mass is 16.3. The van der Waals surface area contributed by atoms with E-state index in [1.165, 1.54) is 0 Å². The second-order valence-electron chi connectivity index (χ2n) is 7.66. The topological polar surface area (TPSA) is 75.1 Å². The molecule has 0 fully saturated rings. The maximum atomic E-state index is 12.6. The van der Waals surface area contributed by atoms with Gasteiger partial charge in [-0.15, -0.1) is 0 Å². The predicted molar refractivity (Wildman–Crippen MR) is 120 cm³/mol. The summed E-state index contributed by atoms with van der Waals surface area (Å²) < 4.78 is 0. The molecule has 0 spiro atoms. The van der Waals surface area contributed by atoms with Gasteiger partial charge in [0.25, 0.3) is 0 Å². The molecular weight excluding hydrogens is 374 g/mol. The van der Waals surface area contributed by atoms with Gasteiger partial charge < -0.3 is 10.4 Å². The third-order valence-corrected chi connectivity index (χ3v) is 5.48. The third kappa shape index (κ3) is 4.10. The minimum absolute atomic E-state index is 0.0500. The number of fused-ring (bicyclic) bond motifs is 3. The molecule has 0 bridgehead atoms. The van der Waals surface area contributed by atoms with Crippen LogP contribution in [0.2, 0.25) is 0 Å². The second kappa shape index (κ2) is 8.49. The van der Waals surface area contributed by atoms with Gasteiger partial charge in [0.1, 0.15) is 5.76 Å². The van der Waals surface area contributed by atoms with E-state index in [2.05, 4.69) is 5.32 Å². The van der Waals surface area contributed by atoms with Crippen LogP contribution in [-0.4, -0.2) is 21.0 Å². The van der Waals surface area contributed by atoms with Crippen LogP contribution < -0.4 is 5.32 Å². The first-order valence-electron chi connectivity index (χ1n) is 10.3. The second-order valence-corrected chi connectivity index (χ2v) is 7.66. The molecule has 1 unspecified atom stereocenters. The number of aliphatic hydroxyl groups excluding tert-OH is 1. The van der Waals surface area contributed by atoms with Crippen LogP contribution in [0.15, 0.2) is 60.4 Å². The SMILES string of the molecule is CCC(C)C(=O)Nc1nc2ccc3c(c2nc1Cc1ccccc1)CC=CC(O)=C3. The van der Waals surface area contributed by atoms with Gasteiger partial charge in [-0.25, -0.2) is 9.97 Å². The number of carbonyl (C=O) groups excluding carboxylic acids is 1. The van der Waals surface area contributed by atoms with Gasteiger partial charge in [-0.3, -0.25) is 4.79 Å². The van der Waals surface area contributed by atoms with Crippen molar-refractivity contribution in [1.29, 1.82) is 0 Å². The van der Waals surface area contributed by atoms with E-state index in [9.17, 15) is 9.90 Å².